The first-order chi connectivity index (χ1) is 9.75. The molecule has 0 aromatic heterocycles. The number of rotatable bonds is 3. The van der Waals surface area contributed by atoms with Crippen molar-refractivity contribution in [2.24, 2.45) is 11.8 Å². The molecular formula is C18H24O2. The van der Waals surface area contributed by atoms with E-state index in [9.17, 15) is 0 Å². The normalized spacial score (nSPS) is 42.6. The maximum atomic E-state index is 6.37. The van der Waals surface area contributed by atoms with Crippen molar-refractivity contribution in [2.75, 3.05) is 13.2 Å². The van der Waals surface area contributed by atoms with Gasteiger partial charge in [-0.3, -0.25) is 0 Å². The van der Waals surface area contributed by atoms with Crippen molar-refractivity contribution in [2.45, 2.75) is 50.2 Å². The van der Waals surface area contributed by atoms with Crippen LogP contribution in [0.2, 0.25) is 0 Å². The lowest BCUT2D eigenvalue weighted by Crippen LogP contribution is -2.67. The summed E-state index contributed by atoms with van der Waals surface area (Å²) in [6.07, 6.45) is 6.04. The standard InChI is InChI=1S/C18H24O2/c1-17(10-9-14-6-3-2-4-7-14)18-15(8-5-11-19-18)12-16(18)13-20-17/h2-4,6-7,15-16H,5,8-13H2,1H3/t15-,16+,17-,18-/m0/s1. The Kier molecular flexibility index (Phi) is 2.94. The molecule has 3 fully saturated rings. The molecule has 20 heavy (non-hydrogen) atoms. The van der Waals surface area contributed by atoms with E-state index in [2.05, 4.69) is 37.3 Å². The average molecular weight is 272 g/mol. The van der Waals surface area contributed by atoms with Gasteiger partial charge in [-0.25, -0.2) is 0 Å². The van der Waals surface area contributed by atoms with Crippen molar-refractivity contribution >= 4 is 0 Å². The minimum absolute atomic E-state index is 0.0417. The Morgan fingerprint density at radius 1 is 1.15 bits per heavy atom. The topological polar surface area (TPSA) is 18.5 Å². The largest absolute Gasteiger partial charge is 0.372 e. The van der Waals surface area contributed by atoms with Crippen LogP contribution >= 0.6 is 0 Å². The highest BCUT2D eigenvalue weighted by Crippen LogP contribution is 2.62. The summed E-state index contributed by atoms with van der Waals surface area (Å²) in [7, 11) is 0. The Morgan fingerprint density at radius 2 is 2.00 bits per heavy atom. The van der Waals surface area contributed by atoms with E-state index in [-0.39, 0.29) is 11.2 Å². The number of hydrogen-bond donors (Lipinski definition) is 0. The zero-order chi connectivity index (χ0) is 13.6. The van der Waals surface area contributed by atoms with Crippen molar-refractivity contribution in [3.8, 4) is 0 Å². The van der Waals surface area contributed by atoms with E-state index < -0.39 is 0 Å². The fourth-order valence-corrected chi connectivity index (χ4v) is 4.91. The number of aryl methyl sites for hydroxylation is 1. The molecule has 2 heterocycles. The SMILES string of the molecule is C[C@@]1(CCc2ccccc2)OC[C@H]2C[C@@H]3CCCO[C@@]321. The quantitative estimate of drug-likeness (QED) is 0.837. The molecule has 1 saturated carbocycles. The minimum atomic E-state index is -0.0865. The van der Waals surface area contributed by atoms with Crippen LogP contribution in [0.3, 0.4) is 0 Å². The van der Waals surface area contributed by atoms with Gasteiger partial charge in [-0.1, -0.05) is 30.3 Å². The smallest absolute Gasteiger partial charge is 0.105 e. The molecule has 1 aromatic rings. The summed E-state index contributed by atoms with van der Waals surface area (Å²) in [4.78, 5) is 0. The van der Waals surface area contributed by atoms with Crippen LogP contribution in [0.15, 0.2) is 30.3 Å². The second kappa shape index (κ2) is 4.57. The zero-order valence-electron chi connectivity index (χ0n) is 12.3. The highest BCUT2D eigenvalue weighted by atomic mass is 16.6. The molecule has 0 bridgehead atoms. The fourth-order valence-electron chi connectivity index (χ4n) is 4.91. The highest BCUT2D eigenvalue weighted by Gasteiger charge is 2.70. The van der Waals surface area contributed by atoms with Crippen LogP contribution in [0, 0.1) is 11.8 Å². The Balaban J connectivity index is 1.54. The van der Waals surface area contributed by atoms with Gasteiger partial charge in [0.05, 0.1) is 12.2 Å². The van der Waals surface area contributed by atoms with E-state index in [0.29, 0.717) is 5.92 Å². The van der Waals surface area contributed by atoms with Gasteiger partial charge in [0.2, 0.25) is 0 Å². The van der Waals surface area contributed by atoms with Crippen LogP contribution < -0.4 is 0 Å². The third-order valence-corrected chi connectivity index (χ3v) is 5.98. The molecule has 1 aliphatic carbocycles. The summed E-state index contributed by atoms with van der Waals surface area (Å²) in [5.41, 5.74) is 1.36. The second-order valence-electron chi connectivity index (χ2n) is 6.94. The molecule has 0 unspecified atom stereocenters. The summed E-state index contributed by atoms with van der Waals surface area (Å²) in [5, 5.41) is 0. The van der Waals surface area contributed by atoms with Gasteiger partial charge in [0.25, 0.3) is 0 Å². The molecule has 0 N–H and O–H groups in total. The van der Waals surface area contributed by atoms with Gasteiger partial charge >= 0.3 is 0 Å². The van der Waals surface area contributed by atoms with Crippen molar-refractivity contribution in [3.63, 3.8) is 0 Å². The predicted octanol–water partition coefficient (Wildman–Crippen LogP) is 3.59. The molecule has 1 aromatic carbocycles. The molecule has 2 saturated heterocycles. The molecule has 2 nitrogen and oxygen atoms in total. The first-order valence-electron chi connectivity index (χ1n) is 8.06. The molecule has 2 aliphatic heterocycles. The molecule has 4 rings (SSSR count). The van der Waals surface area contributed by atoms with Crippen molar-refractivity contribution < 1.29 is 9.47 Å². The zero-order valence-corrected chi connectivity index (χ0v) is 12.3. The monoisotopic (exact) mass is 272 g/mol. The van der Waals surface area contributed by atoms with E-state index >= 15 is 0 Å². The fraction of sp³-hybridized carbons (Fsp3) is 0.667. The highest BCUT2D eigenvalue weighted by molar-refractivity contribution is 5.21. The molecular weight excluding hydrogens is 248 g/mol. The van der Waals surface area contributed by atoms with E-state index in [1.54, 1.807) is 0 Å². The number of ether oxygens (including phenoxy) is 2. The summed E-state index contributed by atoms with van der Waals surface area (Å²) in [5.74, 6) is 1.39. The molecule has 2 heteroatoms. The average Bonchev–Trinajstić information content (AvgIpc) is 2.65. The maximum absolute atomic E-state index is 6.37. The van der Waals surface area contributed by atoms with Crippen LogP contribution in [0.1, 0.15) is 38.2 Å². The minimum Gasteiger partial charge on any atom is -0.372 e. The third kappa shape index (κ3) is 1.64. The van der Waals surface area contributed by atoms with Gasteiger partial charge in [0.15, 0.2) is 0 Å². The Labute approximate surface area is 121 Å². The Morgan fingerprint density at radius 3 is 2.80 bits per heavy atom. The van der Waals surface area contributed by atoms with E-state index in [4.69, 9.17) is 9.47 Å². The molecule has 1 spiro atoms. The second-order valence-corrected chi connectivity index (χ2v) is 6.94. The Bertz CT molecular complexity index is 485. The molecule has 0 amide bonds. The maximum Gasteiger partial charge on any atom is 0.105 e. The third-order valence-electron chi connectivity index (χ3n) is 5.98. The lowest BCUT2D eigenvalue weighted by atomic mass is 9.53. The van der Waals surface area contributed by atoms with Crippen LogP contribution in [0.4, 0.5) is 0 Å². The van der Waals surface area contributed by atoms with E-state index in [1.165, 1.54) is 24.8 Å². The Hall–Kier alpha value is -0.860. The van der Waals surface area contributed by atoms with Gasteiger partial charge in [0.1, 0.15) is 5.60 Å². The molecule has 3 aliphatic rings. The first kappa shape index (κ1) is 12.8. The lowest BCUT2D eigenvalue weighted by molar-refractivity contribution is -0.251. The lowest BCUT2D eigenvalue weighted by Gasteiger charge is -2.59. The van der Waals surface area contributed by atoms with Gasteiger partial charge < -0.3 is 9.47 Å². The van der Waals surface area contributed by atoms with Gasteiger partial charge in [0, 0.05) is 12.5 Å². The van der Waals surface area contributed by atoms with Crippen molar-refractivity contribution in [3.05, 3.63) is 35.9 Å². The van der Waals surface area contributed by atoms with E-state index in [0.717, 1.165) is 32.0 Å². The molecule has 0 radical (unpaired) electrons. The van der Waals surface area contributed by atoms with Crippen LogP contribution in [0.5, 0.6) is 0 Å². The van der Waals surface area contributed by atoms with Crippen LogP contribution in [0.25, 0.3) is 0 Å². The first-order valence-corrected chi connectivity index (χ1v) is 8.06. The van der Waals surface area contributed by atoms with Gasteiger partial charge in [-0.15, -0.1) is 0 Å². The van der Waals surface area contributed by atoms with Gasteiger partial charge in [-0.2, -0.15) is 0 Å². The summed E-state index contributed by atoms with van der Waals surface area (Å²) in [6.45, 7) is 4.13. The predicted molar refractivity (Wildman–Crippen MR) is 78.6 cm³/mol. The summed E-state index contributed by atoms with van der Waals surface area (Å²) in [6, 6.07) is 10.8. The molecule has 108 valence electrons. The van der Waals surface area contributed by atoms with Crippen molar-refractivity contribution in [1.82, 2.24) is 0 Å². The summed E-state index contributed by atoms with van der Waals surface area (Å²) < 4.78 is 12.7. The van der Waals surface area contributed by atoms with Crippen LogP contribution in [-0.4, -0.2) is 24.4 Å². The number of hydrogen-bond acceptors (Lipinski definition) is 2. The molecule has 4 atom stereocenters. The van der Waals surface area contributed by atoms with E-state index in [1.807, 2.05) is 0 Å². The van der Waals surface area contributed by atoms with Gasteiger partial charge in [-0.05, 0) is 50.5 Å². The van der Waals surface area contributed by atoms with Crippen molar-refractivity contribution in [1.29, 1.82) is 0 Å². The van der Waals surface area contributed by atoms with Crippen LogP contribution in [-0.2, 0) is 15.9 Å². The number of benzene rings is 1. The summed E-state index contributed by atoms with van der Waals surface area (Å²) >= 11 is 0.